The molecule has 8 nitrogen and oxygen atoms in total. The summed E-state index contributed by atoms with van der Waals surface area (Å²) >= 11 is 0. The minimum atomic E-state index is -4.67. The number of likely N-dealkylation sites (tertiary alicyclic amines) is 1. The van der Waals surface area contributed by atoms with Crippen LogP contribution in [0.25, 0.3) is 0 Å². The van der Waals surface area contributed by atoms with Crippen LogP contribution >= 0.6 is 0 Å². The molecule has 180 valence electrons. The Labute approximate surface area is 177 Å². The number of halogens is 6. The number of hydrogen-bond donors (Lipinski definition) is 4. The van der Waals surface area contributed by atoms with Gasteiger partial charge in [-0.3, -0.25) is 9.59 Å². The first-order valence-electron chi connectivity index (χ1n) is 8.95. The summed E-state index contributed by atoms with van der Waals surface area (Å²) in [6.45, 7) is -0.293. The van der Waals surface area contributed by atoms with E-state index in [2.05, 4.69) is 0 Å². The Morgan fingerprint density at radius 1 is 1.22 bits per heavy atom. The summed E-state index contributed by atoms with van der Waals surface area (Å²) in [5.74, 6) is -8.67. The van der Waals surface area contributed by atoms with Crippen LogP contribution in [0.3, 0.4) is 0 Å². The van der Waals surface area contributed by atoms with Crippen molar-refractivity contribution in [3.8, 4) is 0 Å². The van der Waals surface area contributed by atoms with Crippen molar-refractivity contribution in [1.82, 2.24) is 4.90 Å². The summed E-state index contributed by atoms with van der Waals surface area (Å²) in [5.41, 5.74) is 5.11. The number of carboxylic acid groups (broad SMARTS) is 2. The Hall–Kier alpha value is -2.87. The summed E-state index contributed by atoms with van der Waals surface area (Å²) in [6, 6.07) is -1.36. The number of aliphatic hydroxyl groups is 1. The maximum absolute atomic E-state index is 13.9. The number of aliphatic carboxylic acids is 2. The fourth-order valence-electron chi connectivity index (χ4n) is 3.10. The Balaban J connectivity index is 0.000000482. The molecule has 14 heteroatoms. The number of nitrogens with zero attached hydrogens (tertiary/aromatic N) is 1. The summed E-state index contributed by atoms with van der Waals surface area (Å²) in [7, 11) is 0. The highest BCUT2D eigenvalue weighted by molar-refractivity contribution is 5.83. The quantitative estimate of drug-likeness (QED) is 0.375. The zero-order valence-corrected chi connectivity index (χ0v) is 16.4. The van der Waals surface area contributed by atoms with Gasteiger partial charge in [0.05, 0.1) is 12.5 Å². The molecule has 0 aliphatic carbocycles. The lowest BCUT2D eigenvalue weighted by Gasteiger charge is -2.42. The molecule has 1 saturated heterocycles. The molecule has 5 N–H and O–H groups in total. The van der Waals surface area contributed by atoms with Crippen molar-refractivity contribution in [2.75, 3.05) is 6.54 Å². The molecule has 1 fully saturated rings. The van der Waals surface area contributed by atoms with Gasteiger partial charge in [0.15, 0.2) is 17.7 Å². The molecule has 0 saturated carbocycles. The fourth-order valence-corrected chi connectivity index (χ4v) is 3.10. The average molecular weight is 474 g/mol. The highest BCUT2D eigenvalue weighted by Gasteiger charge is 2.44. The topological polar surface area (TPSA) is 141 Å². The minimum Gasteiger partial charge on any atom is -0.481 e. The van der Waals surface area contributed by atoms with E-state index in [0.29, 0.717) is 17.0 Å². The lowest BCUT2D eigenvalue weighted by molar-refractivity contribution is -0.170. The number of piperidine rings is 1. The van der Waals surface area contributed by atoms with Gasteiger partial charge in [-0.05, 0) is 25.0 Å². The van der Waals surface area contributed by atoms with E-state index < -0.39 is 84.1 Å². The second-order valence-electron chi connectivity index (χ2n) is 7.01. The van der Waals surface area contributed by atoms with Crippen LogP contribution in [0.15, 0.2) is 12.1 Å². The van der Waals surface area contributed by atoms with E-state index in [1.807, 2.05) is 0 Å². The number of carbonyl (C=O) groups is 3. The van der Waals surface area contributed by atoms with Gasteiger partial charge in [0.1, 0.15) is 12.4 Å². The molecule has 4 atom stereocenters. The molecular formula is C18H20F6N2O6. The normalized spacial score (nSPS) is 22.1. The molecule has 0 bridgehead atoms. The van der Waals surface area contributed by atoms with Crippen molar-refractivity contribution in [3.63, 3.8) is 0 Å². The Morgan fingerprint density at radius 3 is 2.22 bits per heavy atom. The molecule has 1 aromatic carbocycles. The van der Waals surface area contributed by atoms with Gasteiger partial charge in [-0.2, -0.15) is 13.2 Å². The van der Waals surface area contributed by atoms with Crippen LogP contribution in [0.5, 0.6) is 0 Å². The SMILES string of the molecule is C[C@@H]1[C@H](c2cc(F)cc(F)c2F)C[C@H](N)C(=O)N1CC(F)(F)F.O=C(O)C[C@H](O)C(=O)O. The van der Waals surface area contributed by atoms with E-state index >= 15 is 0 Å². The highest BCUT2D eigenvalue weighted by atomic mass is 19.4. The Morgan fingerprint density at radius 2 is 1.78 bits per heavy atom. The number of benzene rings is 1. The first kappa shape index (κ1) is 27.2. The van der Waals surface area contributed by atoms with Crippen LogP contribution in [-0.4, -0.2) is 69.0 Å². The van der Waals surface area contributed by atoms with Gasteiger partial charge in [0, 0.05) is 18.0 Å². The molecule has 1 heterocycles. The smallest absolute Gasteiger partial charge is 0.406 e. The van der Waals surface area contributed by atoms with Gasteiger partial charge in [-0.1, -0.05) is 0 Å². The molecule has 0 aromatic heterocycles. The molecule has 0 radical (unpaired) electrons. The molecule has 1 aliphatic rings. The van der Waals surface area contributed by atoms with E-state index in [-0.39, 0.29) is 6.42 Å². The molecule has 0 unspecified atom stereocenters. The number of alkyl halides is 3. The van der Waals surface area contributed by atoms with Gasteiger partial charge in [0.25, 0.3) is 0 Å². The van der Waals surface area contributed by atoms with Gasteiger partial charge in [-0.25, -0.2) is 18.0 Å². The molecule has 0 spiro atoms. The Kier molecular flexibility index (Phi) is 9.03. The van der Waals surface area contributed by atoms with E-state index in [1.165, 1.54) is 6.92 Å². The van der Waals surface area contributed by atoms with Crippen molar-refractivity contribution in [2.24, 2.45) is 5.73 Å². The minimum absolute atomic E-state index is 0.200. The zero-order valence-electron chi connectivity index (χ0n) is 16.4. The standard InChI is InChI=1S/C14H14F6N2O.C4H6O5/c1-6-8(9-2-7(15)3-10(16)12(9)17)4-11(21)13(23)22(6)5-14(18,19)20;5-2(4(8)9)1-3(6)7/h2-3,6,8,11H,4-5,21H2,1H3;2,5H,1H2,(H,6,7)(H,8,9)/t6-,8-,11+;2-/m10/s1. The van der Waals surface area contributed by atoms with Crippen LogP contribution in [0, 0.1) is 17.5 Å². The van der Waals surface area contributed by atoms with E-state index in [9.17, 15) is 40.7 Å². The van der Waals surface area contributed by atoms with E-state index in [4.69, 9.17) is 21.1 Å². The lowest BCUT2D eigenvalue weighted by Crippen LogP contribution is -2.57. The second-order valence-corrected chi connectivity index (χ2v) is 7.01. The average Bonchev–Trinajstić information content (AvgIpc) is 2.64. The van der Waals surface area contributed by atoms with Gasteiger partial charge < -0.3 is 26.0 Å². The van der Waals surface area contributed by atoms with Crippen LogP contribution in [-0.2, 0) is 14.4 Å². The number of carboxylic acids is 2. The van der Waals surface area contributed by atoms with Gasteiger partial charge in [-0.15, -0.1) is 0 Å². The summed E-state index contributed by atoms with van der Waals surface area (Å²) < 4.78 is 78.5. The zero-order chi connectivity index (χ0) is 25.0. The van der Waals surface area contributed by atoms with Gasteiger partial charge >= 0.3 is 18.1 Å². The van der Waals surface area contributed by atoms with Crippen molar-refractivity contribution in [1.29, 1.82) is 0 Å². The van der Waals surface area contributed by atoms with E-state index in [1.54, 1.807) is 0 Å². The predicted octanol–water partition coefficient (Wildman–Crippen LogP) is 1.60. The molecule has 32 heavy (non-hydrogen) atoms. The first-order chi connectivity index (χ1) is 14.5. The van der Waals surface area contributed by atoms with Crippen molar-refractivity contribution in [2.45, 2.75) is 50.0 Å². The highest BCUT2D eigenvalue weighted by Crippen LogP contribution is 2.36. The number of nitrogens with two attached hydrogens (primary N) is 1. The summed E-state index contributed by atoms with van der Waals surface area (Å²) in [5, 5.41) is 24.1. The summed E-state index contributed by atoms with van der Waals surface area (Å²) in [4.78, 5) is 31.8. The predicted molar refractivity (Wildman–Crippen MR) is 94.8 cm³/mol. The maximum atomic E-state index is 13.9. The first-order valence-corrected chi connectivity index (χ1v) is 8.95. The third-order valence-corrected chi connectivity index (χ3v) is 4.61. The number of hydrogen-bond acceptors (Lipinski definition) is 5. The molecule has 2 rings (SSSR count). The van der Waals surface area contributed by atoms with Crippen molar-refractivity contribution < 1.29 is 56.0 Å². The number of rotatable bonds is 5. The van der Waals surface area contributed by atoms with Crippen LogP contribution in [0.1, 0.15) is 31.2 Å². The number of aliphatic hydroxyl groups excluding tert-OH is 1. The summed E-state index contributed by atoms with van der Waals surface area (Å²) in [6.07, 6.45) is -7.41. The molecule has 1 aliphatic heterocycles. The van der Waals surface area contributed by atoms with Crippen molar-refractivity contribution >= 4 is 17.8 Å². The third-order valence-electron chi connectivity index (χ3n) is 4.61. The lowest BCUT2D eigenvalue weighted by atomic mass is 9.81. The van der Waals surface area contributed by atoms with Crippen molar-refractivity contribution in [3.05, 3.63) is 35.1 Å². The number of carbonyl (C=O) groups excluding carboxylic acids is 1. The number of amides is 1. The molecular weight excluding hydrogens is 454 g/mol. The van der Waals surface area contributed by atoms with Crippen LogP contribution in [0.2, 0.25) is 0 Å². The Bertz CT molecular complexity index is 865. The van der Waals surface area contributed by atoms with Crippen LogP contribution in [0.4, 0.5) is 26.3 Å². The monoisotopic (exact) mass is 474 g/mol. The second kappa shape index (κ2) is 10.6. The largest absolute Gasteiger partial charge is 0.481 e. The molecule has 1 amide bonds. The maximum Gasteiger partial charge on any atom is 0.406 e. The fraction of sp³-hybridized carbons (Fsp3) is 0.500. The van der Waals surface area contributed by atoms with E-state index in [0.717, 1.165) is 0 Å². The van der Waals surface area contributed by atoms with Crippen LogP contribution < -0.4 is 5.73 Å². The third kappa shape index (κ3) is 7.37. The molecule has 1 aromatic rings. The van der Waals surface area contributed by atoms with Gasteiger partial charge in [0.2, 0.25) is 5.91 Å².